The van der Waals surface area contributed by atoms with Crippen LogP contribution in [0.5, 0.6) is 0 Å². The number of aliphatic carboxylic acids is 1. The van der Waals surface area contributed by atoms with E-state index in [1.165, 1.54) is 0 Å². The van der Waals surface area contributed by atoms with Crippen molar-refractivity contribution in [3.05, 3.63) is 59.8 Å². The quantitative estimate of drug-likeness (QED) is 0.902. The van der Waals surface area contributed by atoms with Crippen molar-refractivity contribution in [3.8, 4) is 0 Å². The smallest absolute Gasteiger partial charge is 0.312 e. The summed E-state index contributed by atoms with van der Waals surface area (Å²) in [6.45, 7) is 2.80. The molecular formula is C19H22N2O3. The summed E-state index contributed by atoms with van der Waals surface area (Å²) in [7, 11) is 0. The number of piperidine rings is 1. The molecule has 0 radical (unpaired) electrons. The Bertz CT molecular complexity index is 702. The van der Waals surface area contributed by atoms with E-state index in [0.29, 0.717) is 19.4 Å². The van der Waals surface area contributed by atoms with Crippen LogP contribution >= 0.6 is 0 Å². The monoisotopic (exact) mass is 326 g/mol. The third-order valence-corrected chi connectivity index (χ3v) is 4.87. The van der Waals surface area contributed by atoms with E-state index in [-0.39, 0.29) is 6.54 Å². The molecule has 1 aromatic heterocycles. The van der Waals surface area contributed by atoms with E-state index in [1.807, 2.05) is 54.3 Å². The zero-order valence-electron chi connectivity index (χ0n) is 13.7. The van der Waals surface area contributed by atoms with Crippen molar-refractivity contribution in [1.82, 2.24) is 4.98 Å². The maximum Gasteiger partial charge on any atom is 0.312 e. The number of aliphatic hydroxyl groups excluding tert-OH is 1. The van der Waals surface area contributed by atoms with Gasteiger partial charge in [-0.05, 0) is 37.0 Å². The van der Waals surface area contributed by atoms with Gasteiger partial charge in [0.15, 0.2) is 0 Å². The number of pyridine rings is 1. The van der Waals surface area contributed by atoms with Crippen LogP contribution in [0.2, 0.25) is 0 Å². The molecule has 2 heterocycles. The molecule has 5 nitrogen and oxygen atoms in total. The summed E-state index contributed by atoms with van der Waals surface area (Å²) in [5, 5.41) is 20.5. The molecule has 5 heteroatoms. The number of rotatable bonds is 4. The Morgan fingerprint density at radius 1 is 1.29 bits per heavy atom. The lowest BCUT2D eigenvalue weighted by Gasteiger charge is -2.43. The van der Waals surface area contributed by atoms with Crippen LogP contribution in [0.15, 0.2) is 48.7 Å². The number of aryl methyl sites for hydroxylation is 1. The van der Waals surface area contributed by atoms with Crippen LogP contribution in [0.25, 0.3) is 0 Å². The van der Waals surface area contributed by atoms with Crippen LogP contribution in [0, 0.1) is 12.3 Å². The Labute approximate surface area is 141 Å². The second-order valence-electron chi connectivity index (χ2n) is 6.53. The number of anilines is 1. The van der Waals surface area contributed by atoms with Crippen LogP contribution in [0.4, 0.5) is 5.82 Å². The van der Waals surface area contributed by atoms with E-state index in [0.717, 1.165) is 16.9 Å². The molecule has 2 atom stereocenters. The topological polar surface area (TPSA) is 73.7 Å². The summed E-state index contributed by atoms with van der Waals surface area (Å²) in [6, 6.07) is 13.4. The van der Waals surface area contributed by atoms with Crippen molar-refractivity contribution in [3.63, 3.8) is 0 Å². The molecular weight excluding hydrogens is 304 g/mol. The zero-order chi connectivity index (χ0) is 17.2. The average molecular weight is 326 g/mol. The van der Waals surface area contributed by atoms with Crippen molar-refractivity contribution in [2.24, 2.45) is 5.41 Å². The highest BCUT2D eigenvalue weighted by molar-refractivity contribution is 5.76. The molecule has 1 aromatic carbocycles. The van der Waals surface area contributed by atoms with Gasteiger partial charge >= 0.3 is 5.97 Å². The van der Waals surface area contributed by atoms with Crippen LogP contribution in [-0.2, 0) is 11.2 Å². The number of nitrogens with zero attached hydrogens (tertiary/aromatic N) is 2. The molecule has 2 aromatic rings. The van der Waals surface area contributed by atoms with Crippen LogP contribution < -0.4 is 4.90 Å². The normalized spacial score (nSPS) is 23.9. The van der Waals surface area contributed by atoms with Crippen LogP contribution in [0.3, 0.4) is 0 Å². The first-order valence-corrected chi connectivity index (χ1v) is 8.14. The highest BCUT2D eigenvalue weighted by Crippen LogP contribution is 2.37. The van der Waals surface area contributed by atoms with Crippen LogP contribution in [-0.4, -0.2) is 40.4 Å². The van der Waals surface area contributed by atoms with E-state index < -0.39 is 17.5 Å². The Morgan fingerprint density at radius 3 is 2.62 bits per heavy atom. The second-order valence-corrected chi connectivity index (χ2v) is 6.53. The second kappa shape index (κ2) is 6.61. The molecule has 3 rings (SSSR count). The van der Waals surface area contributed by atoms with Gasteiger partial charge in [0.2, 0.25) is 0 Å². The maximum absolute atomic E-state index is 12.0. The molecule has 0 amide bonds. The van der Waals surface area contributed by atoms with E-state index in [1.54, 1.807) is 6.20 Å². The standard InChI is InChI=1S/C19H22N2O3/c1-14-7-8-17(20-12-14)21-10-9-19(18(23)24,16(22)13-21)11-15-5-3-2-4-6-15/h2-8,12,16,22H,9-11,13H2,1H3,(H,23,24)/t16-,19+/m0/s1. The van der Waals surface area contributed by atoms with Crippen molar-refractivity contribution >= 4 is 11.8 Å². The molecule has 24 heavy (non-hydrogen) atoms. The van der Waals surface area contributed by atoms with Crippen molar-refractivity contribution in [2.75, 3.05) is 18.0 Å². The van der Waals surface area contributed by atoms with E-state index in [2.05, 4.69) is 4.98 Å². The maximum atomic E-state index is 12.0. The van der Waals surface area contributed by atoms with E-state index in [9.17, 15) is 15.0 Å². The predicted molar refractivity (Wildman–Crippen MR) is 92.0 cm³/mol. The Hall–Kier alpha value is -2.40. The molecule has 2 N–H and O–H groups in total. The zero-order valence-corrected chi connectivity index (χ0v) is 13.7. The van der Waals surface area contributed by atoms with Gasteiger partial charge in [-0.1, -0.05) is 36.4 Å². The van der Waals surface area contributed by atoms with E-state index in [4.69, 9.17) is 0 Å². The molecule has 1 aliphatic heterocycles. The van der Waals surface area contributed by atoms with Gasteiger partial charge in [-0.2, -0.15) is 0 Å². The fraction of sp³-hybridized carbons (Fsp3) is 0.368. The summed E-state index contributed by atoms with van der Waals surface area (Å²) < 4.78 is 0. The molecule has 0 spiro atoms. The third-order valence-electron chi connectivity index (χ3n) is 4.87. The molecule has 1 fully saturated rings. The fourth-order valence-corrected chi connectivity index (χ4v) is 3.32. The number of β-amino-alcohol motifs (C(OH)–C–C–N with tert-alkyl or cyclic N) is 1. The van der Waals surface area contributed by atoms with Gasteiger partial charge in [0.05, 0.1) is 6.10 Å². The number of carboxylic acids is 1. The number of carbonyl (C=O) groups is 1. The number of benzene rings is 1. The lowest BCUT2D eigenvalue weighted by atomic mass is 9.71. The molecule has 1 aliphatic rings. The summed E-state index contributed by atoms with van der Waals surface area (Å²) in [4.78, 5) is 18.3. The molecule has 126 valence electrons. The first-order valence-electron chi connectivity index (χ1n) is 8.14. The minimum Gasteiger partial charge on any atom is -0.481 e. The minimum atomic E-state index is -1.15. The van der Waals surface area contributed by atoms with Gasteiger partial charge in [-0.25, -0.2) is 4.98 Å². The molecule has 0 unspecified atom stereocenters. The number of aromatic nitrogens is 1. The number of hydrogen-bond acceptors (Lipinski definition) is 4. The molecule has 0 bridgehead atoms. The highest BCUT2D eigenvalue weighted by atomic mass is 16.4. The third kappa shape index (κ3) is 3.12. The van der Waals surface area contributed by atoms with Gasteiger partial charge in [0.1, 0.15) is 11.2 Å². The highest BCUT2D eigenvalue weighted by Gasteiger charge is 2.48. The first kappa shape index (κ1) is 16.5. The lowest BCUT2D eigenvalue weighted by Crippen LogP contribution is -2.56. The summed E-state index contributed by atoms with van der Waals surface area (Å²) in [6.07, 6.45) is 1.55. The fourth-order valence-electron chi connectivity index (χ4n) is 3.32. The molecule has 0 saturated carbocycles. The van der Waals surface area contributed by atoms with Gasteiger partial charge < -0.3 is 15.1 Å². The first-order chi connectivity index (χ1) is 11.5. The Balaban J connectivity index is 1.81. The van der Waals surface area contributed by atoms with Crippen molar-refractivity contribution < 1.29 is 15.0 Å². The van der Waals surface area contributed by atoms with Gasteiger partial charge in [-0.3, -0.25) is 4.79 Å². The largest absolute Gasteiger partial charge is 0.481 e. The average Bonchev–Trinajstić information content (AvgIpc) is 2.58. The number of carboxylic acid groups (broad SMARTS) is 1. The lowest BCUT2D eigenvalue weighted by molar-refractivity contribution is -0.158. The summed E-state index contributed by atoms with van der Waals surface area (Å²) in [5.74, 6) is -0.159. The van der Waals surface area contributed by atoms with Gasteiger partial charge in [0, 0.05) is 19.3 Å². The Morgan fingerprint density at radius 2 is 2.04 bits per heavy atom. The molecule has 1 saturated heterocycles. The van der Waals surface area contributed by atoms with E-state index >= 15 is 0 Å². The summed E-state index contributed by atoms with van der Waals surface area (Å²) in [5.41, 5.74) is 0.851. The van der Waals surface area contributed by atoms with Crippen molar-refractivity contribution in [2.45, 2.75) is 25.9 Å². The molecule has 0 aliphatic carbocycles. The summed E-state index contributed by atoms with van der Waals surface area (Å²) >= 11 is 0. The minimum absolute atomic E-state index is 0.273. The Kier molecular flexibility index (Phi) is 4.53. The SMILES string of the molecule is Cc1ccc(N2CC[C@](Cc3ccccc3)(C(=O)O)[C@@H](O)C2)nc1. The predicted octanol–water partition coefficient (Wildman–Crippen LogP) is 2.27. The van der Waals surface area contributed by atoms with Crippen molar-refractivity contribution in [1.29, 1.82) is 0 Å². The van der Waals surface area contributed by atoms with Crippen LogP contribution in [0.1, 0.15) is 17.5 Å². The number of aliphatic hydroxyl groups is 1. The number of hydrogen-bond donors (Lipinski definition) is 2. The van der Waals surface area contributed by atoms with Gasteiger partial charge in [-0.15, -0.1) is 0 Å². The van der Waals surface area contributed by atoms with Gasteiger partial charge in [0.25, 0.3) is 0 Å².